The molecule has 8 nitrogen and oxygen atoms in total. The van der Waals surface area contributed by atoms with Gasteiger partial charge in [-0.2, -0.15) is 0 Å². The number of hydrogen-bond donors (Lipinski definition) is 3. The van der Waals surface area contributed by atoms with Crippen molar-refractivity contribution >= 4 is 40.0 Å². The van der Waals surface area contributed by atoms with Crippen LogP contribution in [0.4, 0.5) is 0 Å². The van der Waals surface area contributed by atoms with E-state index in [1.807, 2.05) is 18.2 Å². The van der Waals surface area contributed by atoms with Crippen LogP contribution < -0.4 is 24.8 Å². The third kappa shape index (κ3) is 8.00. The number of ether oxygens (including phenoxy) is 2. The van der Waals surface area contributed by atoms with Gasteiger partial charge in [0.05, 0.1) is 20.0 Å². The van der Waals surface area contributed by atoms with Crippen LogP contribution in [-0.2, 0) is 16.6 Å². The lowest BCUT2D eigenvalue weighted by Gasteiger charge is -2.25. The molecular weight excluding hydrogens is 495 g/mol. The number of guanidine groups is 1. The lowest BCUT2D eigenvalue weighted by Crippen LogP contribution is -2.41. The predicted octanol–water partition coefficient (Wildman–Crippen LogP) is 1.71. The van der Waals surface area contributed by atoms with Crippen molar-refractivity contribution in [3.63, 3.8) is 0 Å². The number of aliphatic imine (C=N–C) groups is 1. The molecular formula is C18H31IN4O4S. The SMILES string of the molecule is CN=C(NCCS(=O)(=O)NCC1CCC1)NCc1ccc(OC)cc1OC.I. The van der Waals surface area contributed by atoms with Crippen molar-refractivity contribution in [2.24, 2.45) is 10.9 Å². The normalized spacial score (nSPS) is 14.6. The van der Waals surface area contributed by atoms with Gasteiger partial charge in [0.25, 0.3) is 0 Å². The van der Waals surface area contributed by atoms with E-state index in [0.717, 1.165) is 24.2 Å². The molecule has 0 radical (unpaired) electrons. The third-order valence-corrected chi connectivity index (χ3v) is 5.99. The zero-order valence-corrected chi connectivity index (χ0v) is 19.8. The molecule has 1 saturated carbocycles. The maximum absolute atomic E-state index is 12.0. The molecule has 160 valence electrons. The van der Waals surface area contributed by atoms with E-state index in [-0.39, 0.29) is 36.3 Å². The lowest BCUT2D eigenvalue weighted by molar-refractivity contribution is 0.316. The van der Waals surface area contributed by atoms with Gasteiger partial charge >= 0.3 is 0 Å². The van der Waals surface area contributed by atoms with E-state index in [4.69, 9.17) is 9.47 Å². The molecule has 0 atom stereocenters. The summed E-state index contributed by atoms with van der Waals surface area (Å²) in [6, 6.07) is 5.58. The van der Waals surface area contributed by atoms with Crippen molar-refractivity contribution in [1.82, 2.24) is 15.4 Å². The summed E-state index contributed by atoms with van der Waals surface area (Å²) in [6.45, 7) is 1.31. The average molecular weight is 526 g/mol. The Morgan fingerprint density at radius 2 is 1.96 bits per heavy atom. The van der Waals surface area contributed by atoms with E-state index in [1.54, 1.807) is 21.3 Å². The summed E-state index contributed by atoms with van der Waals surface area (Å²) in [5.74, 6) is 2.47. The number of nitrogens with one attached hydrogen (secondary N) is 3. The van der Waals surface area contributed by atoms with E-state index < -0.39 is 10.0 Å². The largest absolute Gasteiger partial charge is 0.497 e. The van der Waals surface area contributed by atoms with E-state index in [1.165, 1.54) is 6.42 Å². The van der Waals surface area contributed by atoms with Crippen LogP contribution in [-0.4, -0.2) is 54.5 Å². The van der Waals surface area contributed by atoms with Crippen LogP contribution >= 0.6 is 24.0 Å². The fourth-order valence-electron chi connectivity index (χ4n) is 2.72. The Kier molecular flexibility index (Phi) is 10.9. The third-order valence-electron chi connectivity index (χ3n) is 4.64. The molecule has 0 heterocycles. The van der Waals surface area contributed by atoms with E-state index in [9.17, 15) is 8.42 Å². The molecule has 3 N–H and O–H groups in total. The number of sulfonamides is 1. The van der Waals surface area contributed by atoms with E-state index in [2.05, 4.69) is 20.3 Å². The molecule has 0 unspecified atom stereocenters. The van der Waals surface area contributed by atoms with Crippen molar-refractivity contribution in [3.8, 4) is 11.5 Å². The zero-order valence-electron chi connectivity index (χ0n) is 16.7. The van der Waals surface area contributed by atoms with Crippen molar-refractivity contribution in [1.29, 1.82) is 0 Å². The number of nitrogens with zero attached hydrogens (tertiary/aromatic N) is 1. The molecule has 0 aromatic heterocycles. The first-order valence-electron chi connectivity index (χ1n) is 9.10. The van der Waals surface area contributed by atoms with Crippen LogP contribution in [0.2, 0.25) is 0 Å². The van der Waals surface area contributed by atoms with Crippen LogP contribution in [0.25, 0.3) is 0 Å². The molecule has 0 saturated heterocycles. The topological polar surface area (TPSA) is 101 Å². The Bertz CT molecular complexity index is 739. The minimum absolute atomic E-state index is 0. The van der Waals surface area contributed by atoms with Gasteiger partial charge < -0.3 is 20.1 Å². The van der Waals surface area contributed by atoms with Gasteiger partial charge in [-0.15, -0.1) is 24.0 Å². The number of halogens is 1. The van der Waals surface area contributed by atoms with Gasteiger partial charge in [0.2, 0.25) is 10.0 Å². The minimum atomic E-state index is -3.27. The van der Waals surface area contributed by atoms with Crippen LogP contribution in [0.5, 0.6) is 11.5 Å². The van der Waals surface area contributed by atoms with Gasteiger partial charge in [-0.05, 0) is 30.9 Å². The maximum Gasteiger partial charge on any atom is 0.213 e. The smallest absolute Gasteiger partial charge is 0.213 e. The average Bonchev–Trinajstić information content (AvgIpc) is 2.62. The summed E-state index contributed by atoms with van der Waals surface area (Å²) in [5.41, 5.74) is 0.941. The van der Waals surface area contributed by atoms with E-state index >= 15 is 0 Å². The molecule has 2 rings (SSSR count). The molecule has 1 aromatic rings. The molecule has 28 heavy (non-hydrogen) atoms. The second-order valence-corrected chi connectivity index (χ2v) is 8.42. The molecule has 0 amide bonds. The van der Waals surface area contributed by atoms with Gasteiger partial charge in [0.15, 0.2) is 5.96 Å². The van der Waals surface area contributed by atoms with Crippen LogP contribution in [0.3, 0.4) is 0 Å². The number of hydrogen-bond acceptors (Lipinski definition) is 5. The van der Waals surface area contributed by atoms with Gasteiger partial charge in [-0.3, -0.25) is 4.99 Å². The molecule has 0 bridgehead atoms. The van der Waals surface area contributed by atoms with Crippen LogP contribution in [0.1, 0.15) is 24.8 Å². The first-order valence-corrected chi connectivity index (χ1v) is 10.8. The van der Waals surface area contributed by atoms with Gasteiger partial charge in [-0.25, -0.2) is 13.1 Å². The quantitative estimate of drug-likeness (QED) is 0.244. The highest BCUT2D eigenvalue weighted by Crippen LogP contribution is 2.25. The molecule has 1 aliphatic rings. The predicted molar refractivity (Wildman–Crippen MR) is 122 cm³/mol. The summed E-state index contributed by atoms with van der Waals surface area (Å²) in [7, 11) is 1.58. The molecule has 1 aromatic carbocycles. The Balaban J connectivity index is 0.00000392. The summed E-state index contributed by atoms with van der Waals surface area (Å²) in [6.07, 6.45) is 3.44. The molecule has 1 aliphatic carbocycles. The summed E-state index contributed by atoms with van der Waals surface area (Å²) >= 11 is 0. The van der Waals surface area contributed by atoms with Crippen molar-refractivity contribution in [2.75, 3.05) is 40.1 Å². The maximum atomic E-state index is 12.0. The lowest BCUT2D eigenvalue weighted by atomic mass is 9.86. The number of rotatable bonds is 10. The summed E-state index contributed by atoms with van der Waals surface area (Å²) in [4.78, 5) is 4.12. The molecule has 1 fully saturated rings. The Morgan fingerprint density at radius 3 is 2.54 bits per heavy atom. The van der Waals surface area contributed by atoms with Gasteiger partial charge in [0, 0.05) is 38.3 Å². The number of methoxy groups -OCH3 is 2. The van der Waals surface area contributed by atoms with Crippen LogP contribution in [0.15, 0.2) is 23.2 Å². The summed E-state index contributed by atoms with van der Waals surface area (Å²) in [5, 5.41) is 6.18. The molecule has 10 heteroatoms. The van der Waals surface area contributed by atoms with Gasteiger partial charge in [-0.1, -0.05) is 6.42 Å². The highest BCUT2D eigenvalue weighted by molar-refractivity contribution is 14.0. The standard InChI is InChI=1S/C18H30N4O4S.HI/c1-19-18(20-9-10-27(23,24)22-12-14-5-4-6-14)21-13-15-7-8-16(25-2)11-17(15)26-3;/h7-8,11,14,22H,4-6,9-10,12-13H2,1-3H3,(H2,19,20,21);1H. The molecule has 0 spiro atoms. The Labute approximate surface area is 184 Å². The minimum Gasteiger partial charge on any atom is -0.497 e. The highest BCUT2D eigenvalue weighted by Gasteiger charge is 2.20. The first kappa shape index (κ1) is 24.8. The van der Waals surface area contributed by atoms with Crippen molar-refractivity contribution < 1.29 is 17.9 Å². The van der Waals surface area contributed by atoms with Gasteiger partial charge in [0.1, 0.15) is 11.5 Å². The second kappa shape index (κ2) is 12.3. The fourth-order valence-corrected chi connectivity index (χ4v) is 3.72. The van der Waals surface area contributed by atoms with Crippen LogP contribution in [0, 0.1) is 5.92 Å². The first-order chi connectivity index (χ1) is 13.0. The van der Waals surface area contributed by atoms with E-state index in [0.29, 0.717) is 30.7 Å². The van der Waals surface area contributed by atoms with Crippen molar-refractivity contribution in [2.45, 2.75) is 25.8 Å². The Hall–Kier alpha value is -1.27. The highest BCUT2D eigenvalue weighted by atomic mass is 127. The fraction of sp³-hybridized carbons (Fsp3) is 0.611. The molecule has 0 aliphatic heterocycles. The zero-order chi connectivity index (χ0) is 19.7. The summed E-state index contributed by atoms with van der Waals surface area (Å²) < 4.78 is 37.3. The van der Waals surface area contributed by atoms with Crippen molar-refractivity contribution in [3.05, 3.63) is 23.8 Å². The second-order valence-electron chi connectivity index (χ2n) is 6.49. The number of benzene rings is 1. The Morgan fingerprint density at radius 1 is 1.21 bits per heavy atom. The monoisotopic (exact) mass is 526 g/mol.